The van der Waals surface area contributed by atoms with E-state index >= 15 is 0 Å². The largest absolute Gasteiger partial charge is 0.508 e. The number of thiophene rings is 1. The van der Waals surface area contributed by atoms with E-state index in [0.29, 0.717) is 17.2 Å². The van der Waals surface area contributed by atoms with E-state index in [4.69, 9.17) is 4.98 Å². The third-order valence-electron chi connectivity index (χ3n) is 4.16. The van der Waals surface area contributed by atoms with Crippen molar-refractivity contribution in [2.24, 2.45) is 0 Å². The number of anilines is 1. The number of rotatable bonds is 5. The third-order valence-corrected chi connectivity index (χ3v) is 5.03. The van der Waals surface area contributed by atoms with Gasteiger partial charge in [0.25, 0.3) is 0 Å². The van der Waals surface area contributed by atoms with Crippen LogP contribution in [0.5, 0.6) is 5.75 Å². The van der Waals surface area contributed by atoms with Gasteiger partial charge in [0, 0.05) is 5.56 Å². The number of benzene rings is 2. The van der Waals surface area contributed by atoms with Gasteiger partial charge in [-0.25, -0.2) is 9.97 Å². The number of aromatic hydroxyl groups is 1. The zero-order valence-corrected chi connectivity index (χ0v) is 15.7. The van der Waals surface area contributed by atoms with Crippen LogP contribution in [0.25, 0.3) is 21.8 Å². The van der Waals surface area contributed by atoms with Gasteiger partial charge in [-0.15, -0.1) is 11.3 Å². The molecule has 28 heavy (non-hydrogen) atoms. The first-order chi connectivity index (χ1) is 13.7. The van der Waals surface area contributed by atoms with Gasteiger partial charge in [-0.1, -0.05) is 36.4 Å². The Bertz CT molecular complexity index is 1080. The van der Waals surface area contributed by atoms with E-state index in [2.05, 4.69) is 10.3 Å². The highest BCUT2D eigenvalue weighted by Gasteiger charge is 2.15. The number of nitrogens with one attached hydrogen (secondary N) is 1. The molecule has 0 radical (unpaired) electrons. The first-order valence-corrected chi connectivity index (χ1v) is 9.61. The van der Waals surface area contributed by atoms with Gasteiger partial charge in [-0.05, 0) is 41.3 Å². The zero-order chi connectivity index (χ0) is 19.3. The number of aromatic nitrogens is 2. The zero-order valence-electron chi connectivity index (χ0n) is 14.9. The van der Waals surface area contributed by atoms with Crippen molar-refractivity contribution < 1.29 is 9.90 Å². The summed E-state index contributed by atoms with van der Waals surface area (Å²) in [5, 5.41) is 14.3. The van der Waals surface area contributed by atoms with Crippen molar-refractivity contribution in [3.63, 3.8) is 0 Å². The molecular weight excluding hydrogens is 370 g/mol. The lowest BCUT2D eigenvalue weighted by molar-refractivity contribution is -0.115. The van der Waals surface area contributed by atoms with Gasteiger partial charge in [-0.3, -0.25) is 4.79 Å². The summed E-state index contributed by atoms with van der Waals surface area (Å²) in [5.41, 5.74) is 3.07. The molecule has 0 saturated heterocycles. The number of nitrogens with zero attached hydrogens (tertiary/aromatic N) is 2. The van der Waals surface area contributed by atoms with Gasteiger partial charge in [0.15, 0.2) is 5.82 Å². The van der Waals surface area contributed by atoms with E-state index < -0.39 is 0 Å². The highest BCUT2D eigenvalue weighted by molar-refractivity contribution is 7.13. The van der Waals surface area contributed by atoms with Gasteiger partial charge in [0.1, 0.15) is 11.4 Å². The summed E-state index contributed by atoms with van der Waals surface area (Å²) < 4.78 is 0. The van der Waals surface area contributed by atoms with E-state index in [-0.39, 0.29) is 18.1 Å². The molecule has 2 aromatic carbocycles. The number of phenolic OH excluding ortho intramolecular Hbond substituents is 1. The average Bonchev–Trinajstić information content (AvgIpc) is 3.24. The van der Waals surface area contributed by atoms with Gasteiger partial charge in [-0.2, -0.15) is 0 Å². The lowest BCUT2D eigenvalue weighted by Crippen LogP contribution is -2.16. The van der Waals surface area contributed by atoms with Crippen LogP contribution < -0.4 is 5.32 Å². The topological polar surface area (TPSA) is 75.1 Å². The molecule has 0 atom stereocenters. The fourth-order valence-corrected chi connectivity index (χ4v) is 3.51. The Balaban J connectivity index is 1.65. The normalized spacial score (nSPS) is 10.6. The van der Waals surface area contributed by atoms with Crippen LogP contribution in [0.15, 0.2) is 78.3 Å². The average molecular weight is 387 g/mol. The SMILES string of the molecule is O=C(Cc1ccccc1)Nc1ncc(-c2ccc(O)cc2)nc1-c1cccs1. The van der Waals surface area contributed by atoms with Crippen molar-refractivity contribution >= 4 is 23.1 Å². The summed E-state index contributed by atoms with van der Waals surface area (Å²) in [7, 11) is 0. The molecule has 5 nitrogen and oxygen atoms in total. The Labute approximate surface area is 166 Å². The van der Waals surface area contributed by atoms with Crippen molar-refractivity contribution in [3.05, 3.63) is 83.9 Å². The Morgan fingerprint density at radius 2 is 1.79 bits per heavy atom. The molecule has 0 unspecified atom stereocenters. The number of carbonyl (C=O) groups is 1. The van der Waals surface area contributed by atoms with E-state index in [1.807, 2.05) is 47.8 Å². The maximum atomic E-state index is 12.5. The highest BCUT2D eigenvalue weighted by Crippen LogP contribution is 2.31. The van der Waals surface area contributed by atoms with E-state index in [9.17, 15) is 9.90 Å². The number of carbonyl (C=O) groups excluding carboxylic acids is 1. The standard InChI is InChI=1S/C22H17N3O2S/c26-17-10-8-16(9-11-17)18-14-23-22(21(24-18)19-7-4-12-28-19)25-20(27)13-15-5-2-1-3-6-15/h1-12,14,26H,13H2,(H,23,25,27). The number of amides is 1. The molecule has 4 rings (SSSR count). The number of hydrogen-bond acceptors (Lipinski definition) is 5. The molecular formula is C22H17N3O2S. The summed E-state index contributed by atoms with van der Waals surface area (Å²) in [6, 6.07) is 20.2. The molecule has 2 aromatic heterocycles. The second-order valence-electron chi connectivity index (χ2n) is 6.19. The summed E-state index contributed by atoms with van der Waals surface area (Å²) >= 11 is 1.53. The van der Waals surface area contributed by atoms with E-state index in [1.54, 1.807) is 30.5 Å². The molecule has 1 amide bonds. The van der Waals surface area contributed by atoms with Crippen molar-refractivity contribution in [2.75, 3.05) is 5.32 Å². The predicted octanol–water partition coefficient (Wildman–Crippen LogP) is 4.76. The fraction of sp³-hybridized carbons (Fsp3) is 0.0455. The molecule has 0 aliphatic rings. The summed E-state index contributed by atoms with van der Waals surface area (Å²) in [5.74, 6) is 0.488. The molecule has 0 saturated carbocycles. The van der Waals surface area contributed by atoms with Crippen molar-refractivity contribution in [2.45, 2.75) is 6.42 Å². The molecule has 2 heterocycles. The molecule has 2 N–H and O–H groups in total. The number of hydrogen-bond donors (Lipinski definition) is 2. The third kappa shape index (κ3) is 4.07. The van der Waals surface area contributed by atoms with Gasteiger partial charge < -0.3 is 10.4 Å². The van der Waals surface area contributed by atoms with Crippen LogP contribution in [0.4, 0.5) is 5.82 Å². The Morgan fingerprint density at radius 1 is 1.00 bits per heavy atom. The molecule has 0 spiro atoms. The maximum Gasteiger partial charge on any atom is 0.230 e. The van der Waals surface area contributed by atoms with Gasteiger partial charge in [0.05, 0.1) is 23.2 Å². The van der Waals surface area contributed by atoms with Crippen LogP contribution in [-0.4, -0.2) is 21.0 Å². The second-order valence-corrected chi connectivity index (χ2v) is 7.13. The molecule has 4 aromatic rings. The Kier molecular flexibility index (Phi) is 5.12. The molecule has 138 valence electrons. The maximum absolute atomic E-state index is 12.5. The second kappa shape index (κ2) is 8.02. The minimum absolute atomic E-state index is 0.143. The molecule has 0 fully saturated rings. The summed E-state index contributed by atoms with van der Waals surface area (Å²) in [6.07, 6.45) is 1.90. The van der Waals surface area contributed by atoms with Crippen molar-refractivity contribution in [1.82, 2.24) is 9.97 Å². The van der Waals surface area contributed by atoms with Crippen LogP contribution in [0.3, 0.4) is 0 Å². The Hall–Kier alpha value is -3.51. The minimum Gasteiger partial charge on any atom is -0.508 e. The van der Waals surface area contributed by atoms with Crippen LogP contribution in [0.1, 0.15) is 5.56 Å². The molecule has 6 heteroatoms. The first-order valence-electron chi connectivity index (χ1n) is 8.73. The minimum atomic E-state index is -0.143. The summed E-state index contributed by atoms with van der Waals surface area (Å²) in [6.45, 7) is 0. The van der Waals surface area contributed by atoms with Gasteiger partial charge >= 0.3 is 0 Å². The molecule has 0 bridgehead atoms. The molecule has 0 aliphatic heterocycles. The van der Waals surface area contributed by atoms with Crippen LogP contribution in [0.2, 0.25) is 0 Å². The predicted molar refractivity (Wildman–Crippen MR) is 111 cm³/mol. The van der Waals surface area contributed by atoms with E-state index in [0.717, 1.165) is 16.0 Å². The fourth-order valence-electron chi connectivity index (χ4n) is 2.79. The van der Waals surface area contributed by atoms with E-state index in [1.165, 1.54) is 11.3 Å². The first kappa shape index (κ1) is 17.9. The van der Waals surface area contributed by atoms with Crippen LogP contribution in [-0.2, 0) is 11.2 Å². The van der Waals surface area contributed by atoms with Crippen molar-refractivity contribution in [1.29, 1.82) is 0 Å². The Morgan fingerprint density at radius 3 is 2.50 bits per heavy atom. The summed E-state index contributed by atoms with van der Waals surface area (Å²) in [4.78, 5) is 22.6. The smallest absolute Gasteiger partial charge is 0.230 e. The van der Waals surface area contributed by atoms with Crippen LogP contribution >= 0.6 is 11.3 Å². The quantitative estimate of drug-likeness (QED) is 0.518. The van der Waals surface area contributed by atoms with Gasteiger partial charge in [0.2, 0.25) is 5.91 Å². The van der Waals surface area contributed by atoms with Crippen molar-refractivity contribution in [3.8, 4) is 27.6 Å². The highest BCUT2D eigenvalue weighted by atomic mass is 32.1. The van der Waals surface area contributed by atoms with Crippen LogP contribution in [0, 0.1) is 0 Å². The molecule has 0 aliphatic carbocycles. The lowest BCUT2D eigenvalue weighted by Gasteiger charge is -2.11. The lowest BCUT2D eigenvalue weighted by atomic mass is 10.1. The number of phenols is 1. The monoisotopic (exact) mass is 387 g/mol.